The van der Waals surface area contributed by atoms with Crippen LogP contribution < -0.4 is 5.73 Å². The minimum absolute atomic E-state index is 0. The van der Waals surface area contributed by atoms with Crippen molar-refractivity contribution in [2.24, 2.45) is 5.73 Å². The standard InChI is InChI=1S/C6H16N2O2.ClH/c7-1-2-8(3-5-9)4-6-10;/h9-10H,1-7H2;1H. The Bertz CT molecular complexity index is 61.3. The Morgan fingerprint density at radius 1 is 1.00 bits per heavy atom. The van der Waals surface area contributed by atoms with Crippen molar-refractivity contribution < 1.29 is 10.2 Å². The van der Waals surface area contributed by atoms with Crippen molar-refractivity contribution in [2.75, 3.05) is 39.4 Å². The molecule has 0 spiro atoms. The Morgan fingerprint density at radius 3 is 1.73 bits per heavy atom. The van der Waals surface area contributed by atoms with Gasteiger partial charge in [0.05, 0.1) is 13.2 Å². The second kappa shape index (κ2) is 10.1. The molecule has 0 amide bonds. The van der Waals surface area contributed by atoms with Gasteiger partial charge in [-0.15, -0.1) is 12.4 Å². The van der Waals surface area contributed by atoms with E-state index in [0.717, 1.165) is 6.54 Å². The van der Waals surface area contributed by atoms with E-state index >= 15 is 0 Å². The molecule has 0 radical (unpaired) electrons. The smallest absolute Gasteiger partial charge is 0.0558 e. The lowest BCUT2D eigenvalue weighted by Crippen LogP contribution is -2.34. The van der Waals surface area contributed by atoms with E-state index < -0.39 is 0 Å². The Labute approximate surface area is 73.4 Å². The Hall–Kier alpha value is 0.130. The van der Waals surface area contributed by atoms with Gasteiger partial charge in [0.25, 0.3) is 0 Å². The zero-order valence-electron chi connectivity index (χ0n) is 6.57. The molecule has 70 valence electrons. The first-order chi connectivity index (χ1) is 4.85. The third kappa shape index (κ3) is 8.03. The Kier molecular flexibility index (Phi) is 12.6. The molecule has 0 bridgehead atoms. The monoisotopic (exact) mass is 184 g/mol. The molecular formula is C6H17ClN2O2. The van der Waals surface area contributed by atoms with Crippen molar-refractivity contribution in [1.82, 2.24) is 4.90 Å². The maximum Gasteiger partial charge on any atom is 0.0558 e. The Morgan fingerprint density at radius 2 is 1.45 bits per heavy atom. The predicted molar refractivity (Wildman–Crippen MR) is 46.9 cm³/mol. The van der Waals surface area contributed by atoms with Crippen LogP contribution in [0.3, 0.4) is 0 Å². The molecule has 0 rings (SSSR count). The fourth-order valence-electron chi connectivity index (χ4n) is 0.801. The quantitative estimate of drug-likeness (QED) is 0.478. The van der Waals surface area contributed by atoms with Gasteiger partial charge in [0, 0.05) is 26.2 Å². The maximum absolute atomic E-state index is 8.53. The summed E-state index contributed by atoms with van der Waals surface area (Å²) < 4.78 is 0. The van der Waals surface area contributed by atoms with Crippen molar-refractivity contribution in [2.45, 2.75) is 0 Å². The highest BCUT2D eigenvalue weighted by molar-refractivity contribution is 5.85. The second-order valence-electron chi connectivity index (χ2n) is 2.08. The first kappa shape index (κ1) is 13.7. The van der Waals surface area contributed by atoms with Crippen LogP contribution in [0.2, 0.25) is 0 Å². The molecule has 0 saturated carbocycles. The summed E-state index contributed by atoms with van der Waals surface area (Å²) in [4.78, 5) is 1.92. The molecule has 0 aromatic rings. The average molecular weight is 185 g/mol. The van der Waals surface area contributed by atoms with E-state index in [0.29, 0.717) is 19.6 Å². The van der Waals surface area contributed by atoms with E-state index in [4.69, 9.17) is 15.9 Å². The van der Waals surface area contributed by atoms with Crippen molar-refractivity contribution in [3.8, 4) is 0 Å². The number of hydrogen-bond acceptors (Lipinski definition) is 4. The number of nitrogens with zero attached hydrogens (tertiary/aromatic N) is 1. The van der Waals surface area contributed by atoms with E-state index in [9.17, 15) is 0 Å². The zero-order chi connectivity index (χ0) is 7.82. The SMILES string of the molecule is Cl.NCCN(CCO)CCO. The summed E-state index contributed by atoms with van der Waals surface area (Å²) in [5.41, 5.74) is 5.29. The van der Waals surface area contributed by atoms with Gasteiger partial charge in [-0.1, -0.05) is 0 Å². The van der Waals surface area contributed by atoms with Crippen LogP contribution in [0.5, 0.6) is 0 Å². The topological polar surface area (TPSA) is 69.7 Å². The van der Waals surface area contributed by atoms with Crippen LogP contribution in [0, 0.1) is 0 Å². The average Bonchev–Trinajstić information content (AvgIpc) is 1.90. The van der Waals surface area contributed by atoms with E-state index in [1.807, 2.05) is 4.90 Å². The fourth-order valence-corrected chi connectivity index (χ4v) is 0.801. The predicted octanol–water partition coefficient (Wildman–Crippen LogP) is -1.35. The maximum atomic E-state index is 8.53. The summed E-state index contributed by atoms with van der Waals surface area (Å²) in [5.74, 6) is 0. The molecule has 4 N–H and O–H groups in total. The summed E-state index contributed by atoms with van der Waals surface area (Å²) in [6.07, 6.45) is 0. The number of nitrogens with two attached hydrogens (primary N) is 1. The van der Waals surface area contributed by atoms with Crippen LogP contribution in [0.1, 0.15) is 0 Å². The molecule has 5 heteroatoms. The van der Waals surface area contributed by atoms with Gasteiger partial charge < -0.3 is 15.9 Å². The van der Waals surface area contributed by atoms with Gasteiger partial charge in [-0.05, 0) is 0 Å². The highest BCUT2D eigenvalue weighted by Gasteiger charge is 1.99. The van der Waals surface area contributed by atoms with Crippen LogP contribution in [0.25, 0.3) is 0 Å². The molecule has 0 aliphatic heterocycles. The van der Waals surface area contributed by atoms with E-state index in [1.165, 1.54) is 0 Å². The molecule has 0 aromatic carbocycles. The zero-order valence-corrected chi connectivity index (χ0v) is 7.39. The lowest BCUT2D eigenvalue weighted by atomic mass is 10.4. The molecule has 0 fully saturated rings. The van der Waals surface area contributed by atoms with Crippen LogP contribution in [0.15, 0.2) is 0 Å². The van der Waals surface area contributed by atoms with Gasteiger partial charge in [-0.2, -0.15) is 0 Å². The number of rotatable bonds is 6. The van der Waals surface area contributed by atoms with Gasteiger partial charge in [-0.25, -0.2) is 0 Å². The highest BCUT2D eigenvalue weighted by atomic mass is 35.5. The number of aliphatic hydroxyl groups excluding tert-OH is 2. The largest absolute Gasteiger partial charge is 0.395 e. The summed E-state index contributed by atoms with van der Waals surface area (Å²) in [7, 11) is 0. The van der Waals surface area contributed by atoms with E-state index in [1.54, 1.807) is 0 Å². The molecule has 0 unspecified atom stereocenters. The number of hydrogen-bond donors (Lipinski definition) is 3. The van der Waals surface area contributed by atoms with Crippen LogP contribution in [0.4, 0.5) is 0 Å². The molecule has 4 nitrogen and oxygen atoms in total. The number of aliphatic hydroxyl groups is 2. The van der Waals surface area contributed by atoms with Crippen LogP contribution in [-0.2, 0) is 0 Å². The van der Waals surface area contributed by atoms with Gasteiger partial charge in [0.15, 0.2) is 0 Å². The van der Waals surface area contributed by atoms with Gasteiger partial charge in [-0.3, -0.25) is 4.90 Å². The normalized spacial score (nSPS) is 9.82. The van der Waals surface area contributed by atoms with Crippen molar-refractivity contribution in [1.29, 1.82) is 0 Å². The molecule has 0 atom stereocenters. The second-order valence-corrected chi connectivity index (χ2v) is 2.08. The highest BCUT2D eigenvalue weighted by Crippen LogP contribution is 1.83. The molecule has 0 heterocycles. The summed E-state index contributed by atoms with van der Waals surface area (Å²) >= 11 is 0. The van der Waals surface area contributed by atoms with E-state index in [2.05, 4.69) is 0 Å². The minimum Gasteiger partial charge on any atom is -0.395 e. The lowest BCUT2D eigenvalue weighted by Gasteiger charge is -2.18. The van der Waals surface area contributed by atoms with Crippen molar-refractivity contribution in [3.05, 3.63) is 0 Å². The molecule has 0 aromatic heterocycles. The third-order valence-corrected chi connectivity index (χ3v) is 1.28. The lowest BCUT2D eigenvalue weighted by molar-refractivity contribution is 0.164. The van der Waals surface area contributed by atoms with E-state index in [-0.39, 0.29) is 25.6 Å². The summed E-state index contributed by atoms with van der Waals surface area (Å²) in [5, 5.41) is 17.1. The first-order valence-electron chi connectivity index (χ1n) is 3.49. The molecule has 0 aliphatic carbocycles. The fraction of sp³-hybridized carbons (Fsp3) is 1.00. The van der Waals surface area contributed by atoms with Gasteiger partial charge in [0.2, 0.25) is 0 Å². The molecular weight excluding hydrogens is 168 g/mol. The molecule has 11 heavy (non-hydrogen) atoms. The molecule has 0 saturated heterocycles. The van der Waals surface area contributed by atoms with Crippen LogP contribution in [-0.4, -0.2) is 54.5 Å². The summed E-state index contributed by atoms with van der Waals surface area (Å²) in [6.45, 7) is 2.75. The Balaban J connectivity index is 0. The van der Waals surface area contributed by atoms with Gasteiger partial charge in [0.1, 0.15) is 0 Å². The minimum atomic E-state index is 0. The third-order valence-electron chi connectivity index (χ3n) is 1.28. The van der Waals surface area contributed by atoms with Crippen molar-refractivity contribution in [3.63, 3.8) is 0 Å². The first-order valence-corrected chi connectivity index (χ1v) is 3.49. The van der Waals surface area contributed by atoms with Crippen molar-refractivity contribution >= 4 is 12.4 Å². The molecule has 0 aliphatic rings. The van der Waals surface area contributed by atoms with Gasteiger partial charge >= 0.3 is 0 Å². The summed E-state index contributed by atoms with van der Waals surface area (Å²) in [6, 6.07) is 0. The van der Waals surface area contributed by atoms with Crippen LogP contribution >= 0.6 is 12.4 Å². The number of halogens is 1.